The number of carbonyl (C=O) groups is 1. The van der Waals surface area contributed by atoms with E-state index in [2.05, 4.69) is 54.5 Å². The van der Waals surface area contributed by atoms with Crippen LogP contribution in [-0.2, 0) is 52.2 Å². The van der Waals surface area contributed by atoms with Crippen molar-refractivity contribution in [3.63, 3.8) is 0 Å². The van der Waals surface area contributed by atoms with E-state index in [0.29, 0.717) is 38.5 Å². The Hall–Kier alpha value is -1.75. The van der Waals surface area contributed by atoms with Gasteiger partial charge in [0, 0.05) is 0 Å². The van der Waals surface area contributed by atoms with Gasteiger partial charge in [0.1, 0.15) is 103 Å². The molecule has 4 saturated carbocycles. The van der Waals surface area contributed by atoms with Gasteiger partial charge in [-0.1, -0.05) is 60.1 Å². The zero-order valence-electron chi connectivity index (χ0n) is 50.0. The summed E-state index contributed by atoms with van der Waals surface area (Å²) in [6.07, 6.45) is -33.2. The summed E-state index contributed by atoms with van der Waals surface area (Å²) in [6, 6.07) is 0. The Morgan fingerprint density at radius 3 is 1.72 bits per heavy atom. The molecule has 33 atom stereocenters. The van der Waals surface area contributed by atoms with Crippen molar-refractivity contribution in [1.29, 1.82) is 0 Å². The lowest BCUT2D eigenvalue weighted by molar-refractivity contribution is -0.388. The summed E-state index contributed by atoms with van der Waals surface area (Å²) in [5.41, 5.74) is -2.81. The van der Waals surface area contributed by atoms with Crippen LogP contribution < -0.4 is 0 Å². The maximum atomic E-state index is 15.4. The minimum Gasteiger partial charge on any atom is -0.432 e. The largest absolute Gasteiger partial charge is 0.432 e. The van der Waals surface area contributed by atoms with E-state index in [1.807, 2.05) is 0 Å². The fraction of sp³-hybridized carbons (Fsp3) is 0.949. The van der Waals surface area contributed by atoms with Gasteiger partial charge in [-0.05, 0) is 116 Å². The van der Waals surface area contributed by atoms with E-state index in [1.165, 1.54) is 13.8 Å². The highest BCUT2D eigenvalue weighted by molar-refractivity contribution is 5.80. The SMILES string of the molecule is C[C@@H]1O[C@@H](O[C@@H]2[C@@H](O)[C@H](O[C@H]3CC[C@]4(C)[C@H]5CC=C6[C@@H]7CC(C)(C)CC[C@]7(C(=O)O[C@H]7O[C@H](CO)[C@@H](O)[C@H](O)[C@H]7O[C@@H]7O[C@@H](C)[C@H](O)[C@@H](O)[C@H]7O)[C@H](O)C[C@@]6(C)[C@]5(C)CC[C@H]4C3(C)C)O[C@H](CO)[C@H]2O[C@@H]2OC[C@@H](O)[C@H](O)[C@H]2O)[C@H](O)[C@H](O)[C@H]1O. The third kappa shape index (κ3) is 10.9. The molecule has 0 spiro atoms. The molecule has 0 bridgehead atoms. The molecule has 0 aromatic carbocycles. The number of hydrogen-bond acceptors (Lipinski definition) is 26. The third-order valence-electron chi connectivity index (χ3n) is 23.1. The summed E-state index contributed by atoms with van der Waals surface area (Å²) in [6.45, 7) is 16.2. The molecule has 85 heavy (non-hydrogen) atoms. The zero-order chi connectivity index (χ0) is 62.2. The first-order valence-electron chi connectivity index (χ1n) is 30.6. The molecule has 5 aliphatic carbocycles. The fourth-order valence-electron chi connectivity index (χ4n) is 17.7. The van der Waals surface area contributed by atoms with Gasteiger partial charge in [-0.3, -0.25) is 4.79 Å². The molecule has 15 N–H and O–H groups in total. The summed E-state index contributed by atoms with van der Waals surface area (Å²) >= 11 is 0. The Balaban J connectivity index is 0.903. The van der Waals surface area contributed by atoms with Gasteiger partial charge in [-0.25, -0.2) is 0 Å². The molecule has 10 aliphatic rings. The van der Waals surface area contributed by atoms with Crippen molar-refractivity contribution >= 4 is 5.97 Å². The fourth-order valence-corrected chi connectivity index (χ4v) is 17.7. The Bertz CT molecular complexity index is 2380. The normalized spacial score (nSPS) is 55.0. The smallest absolute Gasteiger partial charge is 0.317 e. The molecule has 26 heteroatoms. The number of allylic oxidation sites excluding steroid dienone is 2. The van der Waals surface area contributed by atoms with Crippen LogP contribution >= 0.6 is 0 Å². The highest BCUT2D eigenvalue weighted by Crippen LogP contribution is 2.76. The average molecular weight is 1220 g/mol. The first kappa shape index (κ1) is 66.2. The van der Waals surface area contributed by atoms with Crippen molar-refractivity contribution in [1.82, 2.24) is 0 Å². The van der Waals surface area contributed by atoms with Crippen LogP contribution in [0.1, 0.15) is 120 Å². The lowest BCUT2D eigenvalue weighted by Gasteiger charge is -2.71. The number of esters is 1. The van der Waals surface area contributed by atoms with Gasteiger partial charge >= 0.3 is 5.97 Å². The van der Waals surface area contributed by atoms with Crippen LogP contribution in [0.5, 0.6) is 0 Å². The quantitative estimate of drug-likeness (QED) is 0.0544. The Morgan fingerprint density at radius 2 is 1.11 bits per heavy atom. The molecule has 0 unspecified atom stereocenters. The number of ether oxygens (including phenoxy) is 10. The molecule has 5 heterocycles. The Labute approximate surface area is 494 Å². The van der Waals surface area contributed by atoms with Gasteiger partial charge in [0.25, 0.3) is 0 Å². The van der Waals surface area contributed by atoms with Gasteiger partial charge < -0.3 is 124 Å². The molecule has 0 aromatic rings. The maximum Gasteiger partial charge on any atom is 0.317 e. The third-order valence-corrected chi connectivity index (χ3v) is 23.1. The Morgan fingerprint density at radius 1 is 0.541 bits per heavy atom. The molecule has 0 amide bonds. The van der Waals surface area contributed by atoms with Crippen LogP contribution in [0.15, 0.2) is 11.6 Å². The van der Waals surface area contributed by atoms with Crippen LogP contribution in [0, 0.1) is 50.2 Å². The standard InChI is InChI=1S/C59H96O26/c1-23-34(64)38(68)42(72)49(77-23)83-46-44(74)51(80-29(21-61)45(46)82-48-41(71)36(66)27(62)22-76-48)81-33-13-14-56(7)30(55(33,5)6)12-15-57(8)31(56)11-10-25-26-18-54(3,4)16-17-59(26,32(63)19-58(25,57)9)53(75)85-52-47(40(70)37(67)28(20-60)79-52)84-50-43(73)39(69)35(65)24(2)78-50/h10,23-24,26-52,60-74H,11-22H2,1-9H3/t23-,24-,26-,27+,28+,29+,30-,31+,32+,33-,34-,35-,36-,37+,38+,39+,40-,41+,42+,43+,44+,45+,46+,47+,48-,49-,50-,51-,52+,56-,57+,58+,59+/m0/s1. The van der Waals surface area contributed by atoms with Gasteiger partial charge in [0.15, 0.2) is 31.3 Å². The second-order valence-corrected chi connectivity index (χ2v) is 28.7. The van der Waals surface area contributed by atoms with Gasteiger partial charge in [0.2, 0.25) is 6.29 Å². The predicted molar refractivity (Wildman–Crippen MR) is 288 cm³/mol. The summed E-state index contributed by atoms with van der Waals surface area (Å²) in [7, 11) is 0. The highest BCUT2D eigenvalue weighted by atomic mass is 16.8. The van der Waals surface area contributed by atoms with Crippen molar-refractivity contribution in [3.8, 4) is 0 Å². The molecule has 9 fully saturated rings. The van der Waals surface area contributed by atoms with E-state index in [-0.39, 0.29) is 35.5 Å². The van der Waals surface area contributed by atoms with Crippen molar-refractivity contribution in [2.45, 2.75) is 280 Å². The predicted octanol–water partition coefficient (Wildman–Crippen LogP) is -2.55. The van der Waals surface area contributed by atoms with Crippen molar-refractivity contribution < 1.29 is 129 Å². The van der Waals surface area contributed by atoms with E-state index in [4.69, 9.17) is 47.4 Å². The zero-order valence-corrected chi connectivity index (χ0v) is 50.0. The number of carbonyl (C=O) groups excluding carboxylic acids is 1. The summed E-state index contributed by atoms with van der Waals surface area (Å²) in [5.74, 6) is -1.31. The highest BCUT2D eigenvalue weighted by Gasteiger charge is 2.72. The minimum absolute atomic E-state index is 0.00918. The second kappa shape index (κ2) is 24.1. The van der Waals surface area contributed by atoms with E-state index in [0.717, 1.165) is 12.0 Å². The van der Waals surface area contributed by atoms with E-state index in [1.54, 1.807) is 0 Å². The maximum absolute atomic E-state index is 15.4. The van der Waals surface area contributed by atoms with Crippen LogP contribution in [0.3, 0.4) is 0 Å². The van der Waals surface area contributed by atoms with Crippen LogP contribution in [-0.4, -0.2) is 262 Å². The van der Waals surface area contributed by atoms with Crippen molar-refractivity contribution in [3.05, 3.63) is 11.6 Å². The molecular formula is C59H96O26. The lowest BCUT2D eigenvalue weighted by Crippen LogP contribution is -2.69. The number of rotatable bonds is 12. The van der Waals surface area contributed by atoms with Crippen molar-refractivity contribution in [2.24, 2.45) is 50.2 Å². The van der Waals surface area contributed by atoms with E-state index >= 15 is 4.79 Å². The first-order valence-corrected chi connectivity index (χ1v) is 30.6. The lowest BCUT2D eigenvalue weighted by atomic mass is 9.33. The van der Waals surface area contributed by atoms with Gasteiger partial charge in [0.05, 0.1) is 44.2 Å². The minimum atomic E-state index is -1.87. The van der Waals surface area contributed by atoms with Gasteiger partial charge in [-0.15, -0.1) is 0 Å². The monoisotopic (exact) mass is 1220 g/mol. The summed E-state index contributed by atoms with van der Waals surface area (Å²) in [5, 5.41) is 165. The van der Waals surface area contributed by atoms with Crippen molar-refractivity contribution in [2.75, 3.05) is 19.8 Å². The molecule has 0 aromatic heterocycles. The van der Waals surface area contributed by atoms with Crippen LogP contribution in [0.2, 0.25) is 0 Å². The van der Waals surface area contributed by atoms with Crippen LogP contribution in [0.25, 0.3) is 0 Å². The van der Waals surface area contributed by atoms with E-state index in [9.17, 15) is 76.6 Å². The Kier molecular flexibility index (Phi) is 18.7. The van der Waals surface area contributed by atoms with E-state index < -0.39 is 213 Å². The molecular weight excluding hydrogens is 1120 g/mol. The number of hydrogen-bond donors (Lipinski definition) is 15. The van der Waals surface area contributed by atoms with Gasteiger partial charge in [-0.2, -0.15) is 0 Å². The second-order valence-electron chi connectivity index (χ2n) is 28.7. The number of fused-ring (bicyclic) bond motifs is 7. The number of aliphatic hydroxyl groups is 15. The van der Waals surface area contributed by atoms with Crippen LogP contribution in [0.4, 0.5) is 0 Å². The molecule has 10 rings (SSSR count). The molecule has 5 aliphatic heterocycles. The topological polar surface area (TPSA) is 413 Å². The average Bonchev–Trinajstić information content (AvgIpc) is 0.738. The summed E-state index contributed by atoms with van der Waals surface area (Å²) < 4.78 is 60.7. The number of aliphatic hydroxyl groups excluding tert-OH is 15. The summed E-state index contributed by atoms with van der Waals surface area (Å²) in [4.78, 5) is 15.4. The molecule has 5 saturated heterocycles. The molecule has 488 valence electrons. The molecule has 26 nitrogen and oxygen atoms in total. The molecule has 0 radical (unpaired) electrons. The first-order chi connectivity index (χ1) is 39.7.